The van der Waals surface area contributed by atoms with Gasteiger partial charge in [0.2, 0.25) is 0 Å². The van der Waals surface area contributed by atoms with Crippen molar-refractivity contribution in [3.63, 3.8) is 0 Å². The molecule has 0 heterocycles. The lowest BCUT2D eigenvalue weighted by Crippen LogP contribution is -2.10. The number of aliphatic hydroxyl groups is 1. The van der Waals surface area contributed by atoms with Crippen molar-refractivity contribution in [2.24, 2.45) is 5.73 Å². The Kier molecular flexibility index (Phi) is 7.39. The van der Waals surface area contributed by atoms with E-state index >= 15 is 0 Å². The van der Waals surface area contributed by atoms with Gasteiger partial charge >= 0.3 is 0 Å². The maximum atomic E-state index is 8.72. The molecule has 16 heavy (non-hydrogen) atoms. The van der Waals surface area contributed by atoms with Gasteiger partial charge in [0.1, 0.15) is 0 Å². The molecule has 1 rings (SSSR count). The van der Waals surface area contributed by atoms with Crippen molar-refractivity contribution in [3.05, 3.63) is 35.4 Å². The third-order valence-electron chi connectivity index (χ3n) is 2.70. The molecule has 0 spiro atoms. The summed E-state index contributed by atoms with van der Waals surface area (Å²) in [4.78, 5) is 0. The zero-order valence-corrected chi connectivity index (χ0v) is 10.8. The summed E-state index contributed by atoms with van der Waals surface area (Å²) in [6.07, 6.45) is 1.62. The summed E-state index contributed by atoms with van der Waals surface area (Å²) in [6, 6.07) is 8.52. The Labute approximate surface area is 104 Å². The number of aliphatic hydroxyl groups excluding tert-OH is 1. The Bertz CT molecular complexity index is 284. The molecule has 0 aromatic heterocycles. The molecule has 0 unspecified atom stereocenters. The van der Waals surface area contributed by atoms with Crippen LogP contribution < -0.4 is 5.73 Å². The van der Waals surface area contributed by atoms with Gasteiger partial charge in [-0.15, -0.1) is 12.4 Å². The third-order valence-corrected chi connectivity index (χ3v) is 2.70. The maximum absolute atomic E-state index is 8.72. The number of hydrogen-bond donors (Lipinski definition) is 2. The van der Waals surface area contributed by atoms with Crippen LogP contribution in [0, 0.1) is 0 Å². The molecule has 0 radical (unpaired) electrons. The summed E-state index contributed by atoms with van der Waals surface area (Å²) in [7, 11) is 0. The summed E-state index contributed by atoms with van der Waals surface area (Å²) in [6.45, 7) is 4.58. The summed E-state index contributed by atoms with van der Waals surface area (Å²) >= 11 is 0. The molecule has 0 aliphatic heterocycles. The monoisotopic (exact) mass is 243 g/mol. The Morgan fingerprint density at radius 3 is 2.06 bits per heavy atom. The third kappa shape index (κ3) is 4.52. The fourth-order valence-electron chi connectivity index (χ4n) is 1.61. The molecular weight excluding hydrogens is 222 g/mol. The highest BCUT2D eigenvalue weighted by Crippen LogP contribution is 2.19. The Morgan fingerprint density at radius 2 is 1.62 bits per heavy atom. The molecule has 1 aromatic rings. The molecule has 0 fully saturated rings. The predicted octanol–water partition coefficient (Wildman–Crippen LogP) is 3.00. The first kappa shape index (κ1) is 15.4. The van der Waals surface area contributed by atoms with Crippen LogP contribution in [0.15, 0.2) is 24.3 Å². The van der Waals surface area contributed by atoms with Gasteiger partial charge in [-0.2, -0.15) is 0 Å². The van der Waals surface area contributed by atoms with E-state index in [2.05, 4.69) is 38.1 Å². The summed E-state index contributed by atoms with van der Waals surface area (Å²) < 4.78 is 0. The van der Waals surface area contributed by atoms with Crippen LogP contribution in [0.1, 0.15) is 49.8 Å². The van der Waals surface area contributed by atoms with Crippen LogP contribution in [0.3, 0.4) is 0 Å². The van der Waals surface area contributed by atoms with E-state index in [0.717, 1.165) is 18.4 Å². The molecule has 0 aliphatic rings. The molecule has 92 valence electrons. The standard InChI is InChI=1S/C13H21NO.ClH/c1-10(2)11-5-7-12(8-6-11)13(14)4-3-9-15;/h5-8,10,13,15H,3-4,9,14H2,1-2H3;1H/t13-;/m0./s1. The van der Waals surface area contributed by atoms with Gasteiger partial charge in [0, 0.05) is 12.6 Å². The highest BCUT2D eigenvalue weighted by molar-refractivity contribution is 5.85. The van der Waals surface area contributed by atoms with Crippen LogP contribution in [-0.2, 0) is 0 Å². The van der Waals surface area contributed by atoms with Crippen molar-refractivity contribution < 1.29 is 5.11 Å². The normalized spacial score (nSPS) is 12.3. The minimum atomic E-state index is 0. The molecule has 0 aliphatic carbocycles. The first-order valence-corrected chi connectivity index (χ1v) is 5.61. The van der Waals surface area contributed by atoms with E-state index in [0.29, 0.717) is 5.92 Å². The molecule has 1 atom stereocenters. The molecule has 3 heteroatoms. The van der Waals surface area contributed by atoms with Gasteiger partial charge in [-0.3, -0.25) is 0 Å². The molecule has 0 bridgehead atoms. The average molecular weight is 244 g/mol. The Balaban J connectivity index is 0.00000225. The highest BCUT2D eigenvalue weighted by Gasteiger charge is 2.06. The number of benzene rings is 1. The molecule has 0 saturated heterocycles. The second-order valence-electron chi connectivity index (χ2n) is 4.29. The van der Waals surface area contributed by atoms with Crippen LogP contribution >= 0.6 is 12.4 Å². The van der Waals surface area contributed by atoms with Crippen LogP contribution in [0.2, 0.25) is 0 Å². The largest absolute Gasteiger partial charge is 0.396 e. The second-order valence-corrected chi connectivity index (χ2v) is 4.29. The Morgan fingerprint density at radius 1 is 1.12 bits per heavy atom. The van der Waals surface area contributed by atoms with Crippen LogP contribution in [0.25, 0.3) is 0 Å². The second kappa shape index (κ2) is 7.66. The number of rotatable bonds is 5. The van der Waals surface area contributed by atoms with Gasteiger partial charge in [-0.25, -0.2) is 0 Å². The average Bonchev–Trinajstić information content (AvgIpc) is 2.26. The van der Waals surface area contributed by atoms with Crippen molar-refractivity contribution >= 4 is 12.4 Å². The molecule has 0 amide bonds. The van der Waals surface area contributed by atoms with Gasteiger partial charge in [0.15, 0.2) is 0 Å². The lowest BCUT2D eigenvalue weighted by molar-refractivity contribution is 0.280. The SMILES string of the molecule is CC(C)c1ccc([C@@H](N)CCCO)cc1.Cl. The van der Waals surface area contributed by atoms with Gasteiger partial charge in [-0.1, -0.05) is 38.1 Å². The lowest BCUT2D eigenvalue weighted by atomic mass is 9.97. The van der Waals surface area contributed by atoms with Crippen LogP contribution in [-0.4, -0.2) is 11.7 Å². The number of nitrogens with two attached hydrogens (primary N) is 1. The van der Waals surface area contributed by atoms with Crippen LogP contribution in [0.4, 0.5) is 0 Å². The molecular formula is C13H22ClNO. The summed E-state index contributed by atoms with van der Waals surface area (Å²) in [5, 5.41) is 8.72. The van der Waals surface area contributed by atoms with Crippen LogP contribution in [0.5, 0.6) is 0 Å². The maximum Gasteiger partial charge on any atom is 0.0431 e. The number of hydrogen-bond acceptors (Lipinski definition) is 2. The zero-order valence-electron chi connectivity index (χ0n) is 10.0. The first-order chi connectivity index (χ1) is 7.15. The first-order valence-electron chi connectivity index (χ1n) is 5.61. The minimum absolute atomic E-state index is 0. The van der Waals surface area contributed by atoms with Crippen molar-refractivity contribution in [3.8, 4) is 0 Å². The number of halogens is 1. The van der Waals surface area contributed by atoms with Gasteiger partial charge in [0.05, 0.1) is 0 Å². The van der Waals surface area contributed by atoms with E-state index in [1.807, 2.05) is 0 Å². The zero-order chi connectivity index (χ0) is 11.3. The quantitative estimate of drug-likeness (QED) is 0.835. The highest BCUT2D eigenvalue weighted by atomic mass is 35.5. The van der Waals surface area contributed by atoms with E-state index in [4.69, 9.17) is 10.8 Å². The van der Waals surface area contributed by atoms with Gasteiger partial charge in [-0.05, 0) is 29.9 Å². The van der Waals surface area contributed by atoms with E-state index in [9.17, 15) is 0 Å². The van der Waals surface area contributed by atoms with Crippen molar-refractivity contribution in [2.75, 3.05) is 6.61 Å². The topological polar surface area (TPSA) is 46.2 Å². The summed E-state index contributed by atoms with van der Waals surface area (Å²) in [5.74, 6) is 0.563. The summed E-state index contributed by atoms with van der Waals surface area (Å²) in [5.41, 5.74) is 8.50. The van der Waals surface area contributed by atoms with E-state index in [-0.39, 0.29) is 25.1 Å². The van der Waals surface area contributed by atoms with E-state index < -0.39 is 0 Å². The minimum Gasteiger partial charge on any atom is -0.396 e. The van der Waals surface area contributed by atoms with E-state index in [1.54, 1.807) is 0 Å². The van der Waals surface area contributed by atoms with Crippen molar-refractivity contribution in [1.82, 2.24) is 0 Å². The Hall–Kier alpha value is -0.570. The molecule has 1 aromatic carbocycles. The van der Waals surface area contributed by atoms with E-state index in [1.165, 1.54) is 5.56 Å². The fraction of sp³-hybridized carbons (Fsp3) is 0.538. The predicted molar refractivity (Wildman–Crippen MR) is 71.0 cm³/mol. The molecule has 3 N–H and O–H groups in total. The lowest BCUT2D eigenvalue weighted by Gasteiger charge is -2.12. The van der Waals surface area contributed by atoms with Crippen molar-refractivity contribution in [1.29, 1.82) is 0 Å². The fourth-order valence-corrected chi connectivity index (χ4v) is 1.61. The molecule has 0 saturated carbocycles. The van der Waals surface area contributed by atoms with Gasteiger partial charge < -0.3 is 10.8 Å². The molecule has 2 nitrogen and oxygen atoms in total. The van der Waals surface area contributed by atoms with Gasteiger partial charge in [0.25, 0.3) is 0 Å². The van der Waals surface area contributed by atoms with Crippen molar-refractivity contribution in [2.45, 2.75) is 38.6 Å². The smallest absolute Gasteiger partial charge is 0.0431 e.